The minimum absolute atomic E-state index is 0.0448. The van der Waals surface area contributed by atoms with Crippen molar-refractivity contribution in [2.45, 2.75) is 25.2 Å². The van der Waals surface area contributed by atoms with E-state index in [-0.39, 0.29) is 17.5 Å². The maximum atomic E-state index is 15.4. The number of phosphoric ester groups is 1. The summed E-state index contributed by atoms with van der Waals surface area (Å²) in [5.74, 6) is -4.11. The molecule has 0 radical (unpaired) electrons. The molecular formula is C12H16F2N5O13P3. The Hall–Kier alpha value is -1.95. The maximum Gasteiger partial charge on any atom is 0.490 e. The topological polar surface area (TPSA) is 276 Å². The van der Waals surface area contributed by atoms with Crippen LogP contribution < -0.4 is 11.3 Å². The molecule has 23 heteroatoms. The van der Waals surface area contributed by atoms with Crippen LogP contribution in [0.4, 0.5) is 14.7 Å². The van der Waals surface area contributed by atoms with Crippen molar-refractivity contribution < 1.29 is 64.7 Å². The molecule has 1 saturated heterocycles. The highest BCUT2D eigenvalue weighted by Crippen LogP contribution is 2.66. The first-order valence-electron chi connectivity index (χ1n) is 8.80. The van der Waals surface area contributed by atoms with E-state index in [9.17, 15) is 28.2 Å². The molecule has 0 aliphatic carbocycles. The van der Waals surface area contributed by atoms with Crippen molar-refractivity contribution in [2.24, 2.45) is 5.41 Å². The van der Waals surface area contributed by atoms with Crippen molar-refractivity contribution >= 4 is 46.9 Å². The van der Waals surface area contributed by atoms with Gasteiger partial charge in [0.1, 0.15) is 18.3 Å². The van der Waals surface area contributed by atoms with Crippen molar-refractivity contribution in [3.63, 3.8) is 0 Å². The number of nitrogen functional groups attached to an aromatic ring is 1. The zero-order valence-corrected chi connectivity index (χ0v) is 19.7. The SMILES string of the molecule is C[C@]1(C=O)[C@H](n2cnc3c(=O)[nH]c(N)nc32)O[C@](F)(COP(=O)(O)OP(=O)(O)OP(=O)(O)O)[C@H]1F. The minimum Gasteiger partial charge on any atom is -0.369 e. The van der Waals surface area contributed by atoms with Gasteiger partial charge in [-0.3, -0.25) is 18.9 Å². The Morgan fingerprint density at radius 1 is 1.29 bits per heavy atom. The summed E-state index contributed by atoms with van der Waals surface area (Å²) in [4.78, 5) is 69.0. The van der Waals surface area contributed by atoms with E-state index < -0.39 is 65.3 Å². The van der Waals surface area contributed by atoms with E-state index in [4.69, 9.17) is 25.2 Å². The van der Waals surface area contributed by atoms with Gasteiger partial charge in [-0.2, -0.15) is 13.6 Å². The van der Waals surface area contributed by atoms with Crippen LogP contribution in [0.3, 0.4) is 0 Å². The van der Waals surface area contributed by atoms with Crippen LogP contribution in [0.25, 0.3) is 11.2 Å². The van der Waals surface area contributed by atoms with Gasteiger partial charge in [-0.05, 0) is 6.92 Å². The van der Waals surface area contributed by atoms with Crippen molar-refractivity contribution in [3.05, 3.63) is 16.7 Å². The van der Waals surface area contributed by atoms with Crippen molar-refractivity contribution in [1.29, 1.82) is 0 Å². The summed E-state index contributed by atoms with van der Waals surface area (Å²) < 4.78 is 81.3. The molecule has 1 aliphatic rings. The van der Waals surface area contributed by atoms with Crippen molar-refractivity contribution in [1.82, 2.24) is 19.5 Å². The number of aromatic nitrogens is 4. The Labute approximate surface area is 191 Å². The molecule has 18 nitrogen and oxygen atoms in total. The van der Waals surface area contributed by atoms with Gasteiger partial charge >= 0.3 is 23.5 Å². The number of phosphoric acid groups is 3. The van der Waals surface area contributed by atoms with E-state index in [0.29, 0.717) is 0 Å². The first-order valence-corrected chi connectivity index (χ1v) is 13.3. The smallest absolute Gasteiger partial charge is 0.369 e. The molecule has 0 saturated carbocycles. The van der Waals surface area contributed by atoms with Crippen molar-refractivity contribution in [3.8, 4) is 0 Å². The highest BCUT2D eigenvalue weighted by Gasteiger charge is 2.65. The molecule has 0 aromatic carbocycles. The average Bonchev–Trinajstić information content (AvgIpc) is 3.18. The third-order valence-electron chi connectivity index (χ3n) is 4.56. The average molecular weight is 569 g/mol. The molecule has 0 spiro atoms. The molecule has 35 heavy (non-hydrogen) atoms. The summed E-state index contributed by atoms with van der Waals surface area (Å²) in [5, 5.41) is 0. The molecule has 0 amide bonds. The number of rotatable bonds is 9. The number of alkyl halides is 2. The van der Waals surface area contributed by atoms with Gasteiger partial charge in [-0.15, -0.1) is 0 Å². The second kappa shape index (κ2) is 8.86. The second-order valence-electron chi connectivity index (χ2n) is 7.24. The van der Waals surface area contributed by atoms with Crippen LogP contribution in [0.1, 0.15) is 13.2 Å². The lowest BCUT2D eigenvalue weighted by Gasteiger charge is -2.26. The summed E-state index contributed by atoms with van der Waals surface area (Å²) in [6.45, 7) is -0.954. The molecular weight excluding hydrogens is 553 g/mol. The predicted octanol–water partition coefficient (Wildman–Crippen LogP) is -0.217. The number of nitrogens with two attached hydrogens (primary N) is 1. The number of aromatic amines is 1. The van der Waals surface area contributed by atoms with Crippen LogP contribution in [0, 0.1) is 5.41 Å². The lowest BCUT2D eigenvalue weighted by atomic mass is 9.84. The first-order chi connectivity index (χ1) is 15.8. The number of H-pyrrole nitrogens is 1. The number of nitrogens with one attached hydrogen (secondary N) is 1. The Bertz CT molecular complexity index is 1360. The fourth-order valence-electron chi connectivity index (χ4n) is 3.13. The van der Waals surface area contributed by atoms with Crippen LogP contribution >= 0.6 is 23.5 Å². The Balaban J connectivity index is 1.89. The number of halogens is 2. The molecule has 1 fully saturated rings. The molecule has 1 aliphatic heterocycles. The van der Waals surface area contributed by atoms with E-state index in [2.05, 4.69) is 28.1 Å². The number of imidazole rings is 1. The number of hydrogen-bond acceptors (Lipinski definition) is 12. The van der Waals surface area contributed by atoms with Crippen LogP contribution in [0.5, 0.6) is 0 Å². The molecule has 2 aromatic heterocycles. The normalized spacial score (nSPS) is 30.7. The summed E-state index contributed by atoms with van der Waals surface area (Å²) in [6, 6.07) is 0. The predicted molar refractivity (Wildman–Crippen MR) is 105 cm³/mol. The van der Waals surface area contributed by atoms with Crippen LogP contribution in [0.15, 0.2) is 11.1 Å². The van der Waals surface area contributed by atoms with Crippen LogP contribution in [-0.4, -0.2) is 64.0 Å². The van der Waals surface area contributed by atoms with Gasteiger partial charge in [0.15, 0.2) is 23.6 Å². The quantitative estimate of drug-likeness (QED) is 0.168. The number of anilines is 1. The zero-order chi connectivity index (χ0) is 26.6. The number of aldehydes is 1. The van der Waals surface area contributed by atoms with Gasteiger partial charge in [-0.1, -0.05) is 0 Å². The molecule has 3 heterocycles. The summed E-state index contributed by atoms with van der Waals surface area (Å²) >= 11 is 0. The molecule has 6 atom stereocenters. The molecule has 2 aromatic rings. The Kier molecular flexibility index (Phi) is 7.00. The standard InChI is InChI=1S/C12H16F2N5O13P3/c1-11(2-20)8(13)12(14,3-29-34(25,26)32-35(27,28)31-33(22,23)24)30-9(11)19-4-16-5-6(19)17-10(15)18-7(5)21/h2,4,8-9H,3H2,1H3,(H,25,26)(H,27,28)(H2,22,23,24)(H3,15,17,18,21)/t8-,9+,11+,12+/m0/s1. The van der Waals surface area contributed by atoms with Gasteiger partial charge in [0.25, 0.3) is 11.4 Å². The third-order valence-corrected chi connectivity index (χ3v) is 8.34. The van der Waals surface area contributed by atoms with Crippen LogP contribution in [-0.2, 0) is 36.4 Å². The lowest BCUT2D eigenvalue weighted by molar-refractivity contribution is -0.193. The number of ether oxygens (including phenoxy) is 1. The number of carbonyl (C=O) groups excluding carboxylic acids is 1. The Morgan fingerprint density at radius 3 is 2.49 bits per heavy atom. The maximum absolute atomic E-state index is 15.4. The molecule has 0 bridgehead atoms. The fraction of sp³-hybridized carbons (Fsp3) is 0.500. The van der Waals surface area contributed by atoms with E-state index in [0.717, 1.165) is 17.8 Å². The van der Waals surface area contributed by atoms with E-state index in [1.165, 1.54) is 0 Å². The summed E-state index contributed by atoms with van der Waals surface area (Å²) in [5.41, 5.74) is 1.56. The highest BCUT2D eigenvalue weighted by molar-refractivity contribution is 7.66. The largest absolute Gasteiger partial charge is 0.490 e. The zero-order valence-electron chi connectivity index (χ0n) is 17.0. The first kappa shape index (κ1) is 27.6. The summed E-state index contributed by atoms with van der Waals surface area (Å²) in [6.07, 6.45) is -4.03. The summed E-state index contributed by atoms with van der Waals surface area (Å²) in [7, 11) is -17.5. The third kappa shape index (κ3) is 5.58. The fourth-order valence-corrected chi connectivity index (χ4v) is 6.16. The molecule has 2 unspecified atom stereocenters. The monoisotopic (exact) mass is 569 g/mol. The van der Waals surface area contributed by atoms with Gasteiger partial charge in [0, 0.05) is 0 Å². The highest BCUT2D eigenvalue weighted by atomic mass is 31.3. The second-order valence-corrected chi connectivity index (χ2v) is 11.7. The van der Waals surface area contributed by atoms with E-state index in [1.807, 2.05) is 0 Å². The number of hydrogen-bond donors (Lipinski definition) is 6. The Morgan fingerprint density at radius 2 is 1.91 bits per heavy atom. The van der Waals surface area contributed by atoms with Gasteiger partial charge in [0.2, 0.25) is 5.95 Å². The number of fused-ring (bicyclic) bond motifs is 1. The molecule has 7 N–H and O–H groups in total. The molecule has 3 rings (SSSR count). The minimum atomic E-state index is -5.93. The molecule has 196 valence electrons. The number of nitrogens with zero attached hydrogens (tertiary/aromatic N) is 3. The lowest BCUT2D eigenvalue weighted by Crippen LogP contribution is -2.43. The van der Waals surface area contributed by atoms with E-state index >= 15 is 8.78 Å². The van der Waals surface area contributed by atoms with Crippen molar-refractivity contribution in [2.75, 3.05) is 12.3 Å². The van der Waals surface area contributed by atoms with Gasteiger partial charge < -0.3 is 34.8 Å². The van der Waals surface area contributed by atoms with Gasteiger partial charge in [0.05, 0.1) is 6.33 Å². The van der Waals surface area contributed by atoms with E-state index in [1.54, 1.807) is 0 Å². The number of carbonyl (C=O) groups is 1. The van der Waals surface area contributed by atoms with Gasteiger partial charge in [-0.25, -0.2) is 27.5 Å². The van der Waals surface area contributed by atoms with Crippen LogP contribution in [0.2, 0.25) is 0 Å².